The fourth-order valence-corrected chi connectivity index (χ4v) is 2.61. The van der Waals surface area contributed by atoms with E-state index in [2.05, 4.69) is 30.9 Å². The molecule has 0 unspecified atom stereocenters. The first-order chi connectivity index (χ1) is 11.3. The van der Waals surface area contributed by atoms with Crippen LogP contribution in [-0.2, 0) is 6.54 Å². The topological polar surface area (TPSA) is 61.9 Å². The molecule has 2 aromatic heterocycles. The zero-order valence-electron chi connectivity index (χ0n) is 12.2. The van der Waals surface area contributed by atoms with Crippen molar-refractivity contribution in [3.63, 3.8) is 0 Å². The summed E-state index contributed by atoms with van der Waals surface area (Å²) in [6.07, 6.45) is -3.27. The summed E-state index contributed by atoms with van der Waals surface area (Å²) in [6.45, 7) is 2.34. The Kier molecular flexibility index (Phi) is 4.08. The highest BCUT2D eigenvalue weighted by Crippen LogP contribution is 2.24. The zero-order valence-corrected chi connectivity index (χ0v) is 13.8. The Morgan fingerprint density at radius 2 is 1.79 bits per heavy atom. The maximum absolute atomic E-state index is 12.5. The Labute approximate surface area is 141 Å². The van der Waals surface area contributed by atoms with Crippen LogP contribution in [0, 0.1) is 0 Å². The van der Waals surface area contributed by atoms with Crippen LogP contribution in [0.3, 0.4) is 0 Å². The van der Waals surface area contributed by atoms with Gasteiger partial charge in [-0.2, -0.15) is 9.90 Å². The molecule has 0 aliphatic heterocycles. The van der Waals surface area contributed by atoms with Crippen molar-refractivity contribution in [2.75, 3.05) is 0 Å². The first-order valence-corrected chi connectivity index (χ1v) is 7.60. The summed E-state index contributed by atoms with van der Waals surface area (Å²) in [4.78, 5) is 13.9. The highest BCUT2D eigenvalue weighted by Gasteiger charge is 2.31. The van der Waals surface area contributed by atoms with Crippen molar-refractivity contribution < 1.29 is 17.9 Å². The molecule has 0 aliphatic rings. The number of aryl methyl sites for hydroxylation is 1. The normalized spacial score (nSPS) is 11.9. The second-order valence-corrected chi connectivity index (χ2v) is 5.63. The molecule has 0 fully saturated rings. The lowest BCUT2D eigenvalue weighted by molar-refractivity contribution is -0.274. The summed E-state index contributed by atoms with van der Waals surface area (Å²) in [7, 11) is 0. The summed E-state index contributed by atoms with van der Waals surface area (Å²) in [5.74, 6) is -0.364. The molecule has 0 saturated heterocycles. The van der Waals surface area contributed by atoms with Crippen molar-refractivity contribution in [1.29, 1.82) is 0 Å². The van der Waals surface area contributed by atoms with Gasteiger partial charge < -0.3 is 4.74 Å². The molecular formula is C14H10BrF3N4O2. The summed E-state index contributed by atoms with van der Waals surface area (Å²) >= 11 is 3.33. The number of hydrogen-bond donors (Lipinski definition) is 0. The predicted molar refractivity (Wildman–Crippen MR) is 83.2 cm³/mol. The molecule has 0 radical (unpaired) electrons. The molecule has 0 amide bonds. The van der Waals surface area contributed by atoms with E-state index in [0.29, 0.717) is 22.2 Å². The average Bonchev–Trinajstić information content (AvgIpc) is 2.95. The van der Waals surface area contributed by atoms with Gasteiger partial charge in [-0.25, -0.2) is 0 Å². The fourth-order valence-electron chi connectivity index (χ4n) is 2.14. The van der Waals surface area contributed by atoms with Crippen LogP contribution in [0.1, 0.15) is 6.92 Å². The minimum atomic E-state index is -4.76. The lowest BCUT2D eigenvalue weighted by atomic mass is 10.3. The highest BCUT2D eigenvalue weighted by molar-refractivity contribution is 9.10. The van der Waals surface area contributed by atoms with Crippen LogP contribution in [-0.4, -0.2) is 25.9 Å². The third kappa shape index (κ3) is 3.14. The largest absolute Gasteiger partial charge is 0.573 e. The number of alkyl halides is 3. The third-order valence-corrected chi connectivity index (χ3v) is 3.76. The van der Waals surface area contributed by atoms with Crippen molar-refractivity contribution in [2.24, 2.45) is 0 Å². The Balaban J connectivity index is 2.06. The molecule has 0 aliphatic carbocycles. The SMILES string of the molecule is CCn1nc2c(Br)cn(-c3ccc(OC(F)(F)F)cc3)c(=O)c2n1. The maximum atomic E-state index is 12.5. The molecule has 24 heavy (non-hydrogen) atoms. The number of hydrogen-bond acceptors (Lipinski definition) is 4. The first kappa shape index (κ1) is 16.5. The average molecular weight is 403 g/mol. The van der Waals surface area contributed by atoms with Crippen molar-refractivity contribution in [2.45, 2.75) is 19.8 Å². The molecule has 0 N–H and O–H groups in total. The molecule has 0 spiro atoms. The lowest BCUT2D eigenvalue weighted by Gasteiger charge is -2.10. The van der Waals surface area contributed by atoms with E-state index in [1.807, 2.05) is 6.92 Å². The number of benzene rings is 1. The first-order valence-electron chi connectivity index (χ1n) is 6.80. The Morgan fingerprint density at radius 1 is 1.17 bits per heavy atom. The number of fused-ring (bicyclic) bond motifs is 1. The summed E-state index contributed by atoms with van der Waals surface area (Å²) < 4.78 is 42.2. The fraction of sp³-hybridized carbons (Fsp3) is 0.214. The van der Waals surface area contributed by atoms with Gasteiger partial charge in [0.2, 0.25) is 0 Å². The molecule has 2 heterocycles. The lowest BCUT2D eigenvalue weighted by Crippen LogP contribution is -2.19. The highest BCUT2D eigenvalue weighted by atomic mass is 79.9. The van der Waals surface area contributed by atoms with E-state index in [1.54, 1.807) is 0 Å². The quantitative estimate of drug-likeness (QED) is 0.674. The van der Waals surface area contributed by atoms with Crippen LogP contribution in [0.2, 0.25) is 0 Å². The molecule has 0 bridgehead atoms. The van der Waals surface area contributed by atoms with Crippen LogP contribution in [0.15, 0.2) is 39.7 Å². The van der Waals surface area contributed by atoms with Gasteiger partial charge in [0.25, 0.3) is 5.56 Å². The molecular weight excluding hydrogens is 393 g/mol. The van der Waals surface area contributed by atoms with Gasteiger partial charge in [0.05, 0.1) is 11.0 Å². The number of nitrogens with zero attached hydrogens (tertiary/aromatic N) is 4. The Hall–Kier alpha value is -2.36. The maximum Gasteiger partial charge on any atom is 0.573 e. The van der Waals surface area contributed by atoms with E-state index in [4.69, 9.17) is 0 Å². The van der Waals surface area contributed by atoms with Crippen LogP contribution >= 0.6 is 15.9 Å². The van der Waals surface area contributed by atoms with Crippen molar-refractivity contribution in [3.8, 4) is 11.4 Å². The van der Waals surface area contributed by atoms with Gasteiger partial charge in [0.1, 0.15) is 11.3 Å². The van der Waals surface area contributed by atoms with Crippen LogP contribution < -0.4 is 10.3 Å². The molecule has 3 rings (SSSR count). The van der Waals surface area contributed by atoms with Gasteiger partial charge in [-0.3, -0.25) is 9.36 Å². The van der Waals surface area contributed by atoms with E-state index in [-0.39, 0.29) is 11.3 Å². The van der Waals surface area contributed by atoms with E-state index in [1.165, 1.54) is 27.7 Å². The molecule has 3 aromatic rings. The summed E-state index contributed by atoms with van der Waals surface area (Å²) in [5, 5.41) is 8.29. The van der Waals surface area contributed by atoms with E-state index in [9.17, 15) is 18.0 Å². The smallest absolute Gasteiger partial charge is 0.406 e. The van der Waals surface area contributed by atoms with Crippen molar-refractivity contribution in [1.82, 2.24) is 19.6 Å². The van der Waals surface area contributed by atoms with Gasteiger partial charge in [-0.1, -0.05) is 0 Å². The van der Waals surface area contributed by atoms with E-state index in [0.717, 1.165) is 12.1 Å². The van der Waals surface area contributed by atoms with Crippen molar-refractivity contribution >= 4 is 27.0 Å². The van der Waals surface area contributed by atoms with E-state index < -0.39 is 11.9 Å². The second-order valence-electron chi connectivity index (χ2n) is 4.78. The standard InChI is InChI=1S/C14H10BrF3N4O2/c1-2-22-19-11-10(15)7-21(13(23)12(11)20-22)8-3-5-9(6-4-8)24-14(16,17)18/h3-7H,2H2,1H3. The van der Waals surface area contributed by atoms with Gasteiger partial charge >= 0.3 is 6.36 Å². The monoisotopic (exact) mass is 402 g/mol. The minimum Gasteiger partial charge on any atom is -0.406 e. The van der Waals surface area contributed by atoms with Gasteiger partial charge in [-0.05, 0) is 47.1 Å². The molecule has 6 nitrogen and oxygen atoms in total. The molecule has 1 aromatic carbocycles. The molecule has 126 valence electrons. The Morgan fingerprint density at radius 3 is 2.38 bits per heavy atom. The zero-order chi connectivity index (χ0) is 17.5. The number of pyridine rings is 1. The molecule has 10 heteroatoms. The summed E-state index contributed by atoms with van der Waals surface area (Å²) in [5.41, 5.74) is 0.553. The van der Waals surface area contributed by atoms with Crippen molar-refractivity contribution in [3.05, 3.63) is 45.3 Å². The minimum absolute atomic E-state index is 0.168. The van der Waals surface area contributed by atoms with Crippen LogP contribution in [0.5, 0.6) is 5.75 Å². The second kappa shape index (κ2) is 5.93. The van der Waals surface area contributed by atoms with Gasteiger partial charge in [0, 0.05) is 11.9 Å². The third-order valence-electron chi connectivity index (χ3n) is 3.18. The number of rotatable bonds is 3. The van der Waals surface area contributed by atoms with Gasteiger partial charge in [0.15, 0.2) is 5.52 Å². The Bertz CT molecular complexity index is 948. The molecule has 0 saturated carbocycles. The summed E-state index contributed by atoms with van der Waals surface area (Å²) in [6, 6.07) is 4.97. The number of ether oxygens (including phenoxy) is 1. The number of halogens is 4. The molecule has 0 atom stereocenters. The van der Waals surface area contributed by atoms with E-state index >= 15 is 0 Å². The van der Waals surface area contributed by atoms with Crippen LogP contribution in [0.25, 0.3) is 16.7 Å². The van der Waals surface area contributed by atoms with Gasteiger partial charge in [-0.15, -0.1) is 18.3 Å². The number of aromatic nitrogens is 4. The predicted octanol–water partition coefficient (Wildman–Crippen LogP) is 3.26. The van der Waals surface area contributed by atoms with Crippen LogP contribution in [0.4, 0.5) is 13.2 Å².